The molecule has 0 amide bonds. The molecule has 4 nitrogen and oxygen atoms in total. The Hall–Kier alpha value is -1.21. The second-order valence-corrected chi connectivity index (χ2v) is 7.43. The smallest absolute Gasteiger partial charge is 0.243 e. The molecular weight excluding hydrogens is 292 g/mol. The molecule has 0 bridgehead atoms. The summed E-state index contributed by atoms with van der Waals surface area (Å²) in [5, 5.41) is 3.89. The second-order valence-electron chi connectivity index (χ2n) is 4.64. The fourth-order valence-corrected chi connectivity index (χ4v) is 4.14. The summed E-state index contributed by atoms with van der Waals surface area (Å²) in [5.41, 5.74) is 8.22. The van der Waals surface area contributed by atoms with E-state index in [1.54, 1.807) is 37.4 Å². The highest BCUT2D eigenvalue weighted by molar-refractivity contribution is 7.89. The Morgan fingerprint density at radius 1 is 1.30 bits per heavy atom. The molecule has 0 fully saturated rings. The Kier molecular flexibility index (Phi) is 4.59. The van der Waals surface area contributed by atoms with Gasteiger partial charge in [-0.3, -0.25) is 0 Å². The van der Waals surface area contributed by atoms with E-state index >= 15 is 0 Å². The first kappa shape index (κ1) is 15.2. The van der Waals surface area contributed by atoms with Gasteiger partial charge in [-0.25, -0.2) is 8.42 Å². The number of benzene rings is 1. The molecular formula is C14H18N2O2S2. The molecule has 6 heteroatoms. The lowest BCUT2D eigenvalue weighted by Gasteiger charge is -2.19. The van der Waals surface area contributed by atoms with Crippen LogP contribution in [0.2, 0.25) is 0 Å². The zero-order valence-corrected chi connectivity index (χ0v) is 13.2. The van der Waals surface area contributed by atoms with Gasteiger partial charge in [0.15, 0.2) is 0 Å². The lowest BCUT2D eigenvalue weighted by atomic mass is 10.1. The molecule has 0 unspecified atom stereocenters. The van der Waals surface area contributed by atoms with Crippen LogP contribution in [-0.2, 0) is 23.1 Å². The van der Waals surface area contributed by atoms with Crippen molar-refractivity contribution in [2.24, 2.45) is 5.73 Å². The molecule has 0 aliphatic rings. The van der Waals surface area contributed by atoms with E-state index in [9.17, 15) is 8.42 Å². The zero-order valence-electron chi connectivity index (χ0n) is 11.5. The molecule has 108 valence electrons. The Balaban J connectivity index is 2.35. The summed E-state index contributed by atoms with van der Waals surface area (Å²) in [6, 6.07) is 7.15. The molecule has 1 aromatic carbocycles. The summed E-state index contributed by atoms with van der Waals surface area (Å²) in [7, 11) is -1.90. The Morgan fingerprint density at radius 3 is 2.65 bits per heavy atom. The SMILES string of the molecule is Cc1c(CN)cccc1S(=O)(=O)N(C)Cc1ccsc1. The first-order valence-corrected chi connectivity index (χ1v) is 8.61. The maximum atomic E-state index is 12.6. The molecule has 1 heterocycles. The summed E-state index contributed by atoms with van der Waals surface area (Å²) in [5.74, 6) is 0. The van der Waals surface area contributed by atoms with Gasteiger partial charge >= 0.3 is 0 Å². The highest BCUT2D eigenvalue weighted by Crippen LogP contribution is 2.23. The van der Waals surface area contributed by atoms with Crippen molar-refractivity contribution in [1.82, 2.24) is 4.31 Å². The molecule has 0 spiro atoms. The van der Waals surface area contributed by atoms with Crippen LogP contribution >= 0.6 is 11.3 Å². The van der Waals surface area contributed by atoms with Gasteiger partial charge in [-0.05, 0) is 46.5 Å². The molecule has 2 aromatic rings. The zero-order chi connectivity index (χ0) is 14.8. The van der Waals surface area contributed by atoms with E-state index in [2.05, 4.69) is 0 Å². The Bertz CT molecular complexity index is 679. The minimum Gasteiger partial charge on any atom is -0.326 e. The van der Waals surface area contributed by atoms with Crippen LogP contribution in [-0.4, -0.2) is 19.8 Å². The number of rotatable bonds is 5. The molecule has 0 radical (unpaired) electrons. The van der Waals surface area contributed by atoms with Gasteiger partial charge in [-0.1, -0.05) is 12.1 Å². The molecule has 0 atom stereocenters. The van der Waals surface area contributed by atoms with Crippen LogP contribution in [0.4, 0.5) is 0 Å². The highest BCUT2D eigenvalue weighted by atomic mass is 32.2. The average molecular weight is 310 g/mol. The van der Waals surface area contributed by atoms with E-state index in [0.717, 1.165) is 16.7 Å². The number of nitrogens with zero attached hydrogens (tertiary/aromatic N) is 1. The van der Waals surface area contributed by atoms with Gasteiger partial charge in [-0.2, -0.15) is 15.6 Å². The summed E-state index contributed by atoms with van der Waals surface area (Å²) in [6.45, 7) is 2.51. The van der Waals surface area contributed by atoms with Crippen molar-refractivity contribution >= 4 is 21.4 Å². The van der Waals surface area contributed by atoms with Crippen LogP contribution < -0.4 is 5.73 Å². The van der Waals surface area contributed by atoms with Crippen LogP contribution in [0.1, 0.15) is 16.7 Å². The molecule has 2 rings (SSSR count). The molecule has 0 saturated carbocycles. The molecule has 20 heavy (non-hydrogen) atoms. The van der Waals surface area contributed by atoms with Crippen molar-refractivity contribution in [2.75, 3.05) is 7.05 Å². The van der Waals surface area contributed by atoms with Crippen LogP contribution in [0.15, 0.2) is 39.9 Å². The lowest BCUT2D eigenvalue weighted by Crippen LogP contribution is -2.27. The average Bonchev–Trinajstić information content (AvgIpc) is 2.91. The van der Waals surface area contributed by atoms with Crippen molar-refractivity contribution in [2.45, 2.75) is 24.9 Å². The summed E-state index contributed by atoms with van der Waals surface area (Å²) in [6.07, 6.45) is 0. The fraction of sp³-hybridized carbons (Fsp3) is 0.286. The first-order valence-electron chi connectivity index (χ1n) is 6.22. The third kappa shape index (κ3) is 2.93. The van der Waals surface area contributed by atoms with E-state index in [4.69, 9.17) is 5.73 Å². The van der Waals surface area contributed by atoms with Crippen molar-refractivity contribution in [3.63, 3.8) is 0 Å². The molecule has 0 aliphatic heterocycles. The summed E-state index contributed by atoms with van der Waals surface area (Å²) >= 11 is 1.56. The van der Waals surface area contributed by atoms with E-state index in [-0.39, 0.29) is 0 Å². The quantitative estimate of drug-likeness (QED) is 0.922. The predicted molar refractivity (Wildman–Crippen MR) is 82.0 cm³/mol. The van der Waals surface area contributed by atoms with Gasteiger partial charge in [-0.15, -0.1) is 0 Å². The van der Waals surface area contributed by atoms with Crippen LogP contribution in [0.25, 0.3) is 0 Å². The number of hydrogen-bond donors (Lipinski definition) is 1. The number of nitrogens with two attached hydrogens (primary N) is 1. The number of sulfonamides is 1. The molecule has 2 N–H and O–H groups in total. The van der Waals surface area contributed by atoms with Gasteiger partial charge in [0.2, 0.25) is 10.0 Å². The maximum absolute atomic E-state index is 12.6. The van der Waals surface area contributed by atoms with Crippen LogP contribution in [0, 0.1) is 6.92 Å². The van der Waals surface area contributed by atoms with Gasteiger partial charge in [0.1, 0.15) is 0 Å². The summed E-state index contributed by atoms with van der Waals surface area (Å²) < 4.78 is 26.6. The van der Waals surface area contributed by atoms with Gasteiger partial charge < -0.3 is 5.73 Å². The lowest BCUT2D eigenvalue weighted by molar-refractivity contribution is 0.466. The second kappa shape index (κ2) is 6.05. The topological polar surface area (TPSA) is 63.4 Å². The maximum Gasteiger partial charge on any atom is 0.243 e. The largest absolute Gasteiger partial charge is 0.326 e. The summed E-state index contributed by atoms with van der Waals surface area (Å²) in [4.78, 5) is 0.332. The monoisotopic (exact) mass is 310 g/mol. The first-order chi connectivity index (χ1) is 9.46. The van der Waals surface area contributed by atoms with Crippen molar-refractivity contribution in [3.8, 4) is 0 Å². The standard InChI is InChI=1S/C14H18N2O2S2/c1-11-13(8-15)4-3-5-14(11)20(17,18)16(2)9-12-6-7-19-10-12/h3-7,10H,8-9,15H2,1-2H3. The number of thiophene rings is 1. The van der Waals surface area contributed by atoms with Crippen molar-refractivity contribution < 1.29 is 8.42 Å². The van der Waals surface area contributed by atoms with Gasteiger partial charge in [0.05, 0.1) is 4.90 Å². The predicted octanol–water partition coefficient (Wildman–Crippen LogP) is 2.34. The van der Waals surface area contributed by atoms with E-state index in [0.29, 0.717) is 18.0 Å². The van der Waals surface area contributed by atoms with Crippen LogP contribution in [0.5, 0.6) is 0 Å². The van der Waals surface area contributed by atoms with E-state index < -0.39 is 10.0 Å². The van der Waals surface area contributed by atoms with E-state index in [1.807, 2.05) is 22.9 Å². The minimum absolute atomic E-state index is 0.332. The van der Waals surface area contributed by atoms with Gasteiger partial charge in [0, 0.05) is 20.1 Å². The molecule has 0 aliphatic carbocycles. The normalized spacial score (nSPS) is 12.0. The highest BCUT2D eigenvalue weighted by Gasteiger charge is 2.23. The molecule has 1 aromatic heterocycles. The Labute approximate surface area is 123 Å². The third-order valence-corrected chi connectivity index (χ3v) is 5.97. The van der Waals surface area contributed by atoms with Crippen molar-refractivity contribution in [1.29, 1.82) is 0 Å². The number of hydrogen-bond acceptors (Lipinski definition) is 4. The van der Waals surface area contributed by atoms with Crippen LogP contribution in [0.3, 0.4) is 0 Å². The van der Waals surface area contributed by atoms with Crippen molar-refractivity contribution in [3.05, 3.63) is 51.7 Å². The molecule has 0 saturated heterocycles. The fourth-order valence-electron chi connectivity index (χ4n) is 2.05. The van der Waals surface area contributed by atoms with Gasteiger partial charge in [0.25, 0.3) is 0 Å². The van der Waals surface area contributed by atoms with E-state index in [1.165, 1.54) is 4.31 Å². The third-order valence-electron chi connectivity index (χ3n) is 3.29. The Morgan fingerprint density at radius 2 is 2.05 bits per heavy atom. The minimum atomic E-state index is -3.50.